The van der Waals surface area contributed by atoms with E-state index >= 15 is 0 Å². The zero-order valence-electron chi connectivity index (χ0n) is 28.9. The zero-order valence-corrected chi connectivity index (χ0v) is 28.9. The van der Waals surface area contributed by atoms with Crippen molar-refractivity contribution in [2.45, 2.75) is 0 Å². The fourth-order valence-electron chi connectivity index (χ4n) is 8.53. The van der Waals surface area contributed by atoms with Crippen LogP contribution in [0.5, 0.6) is 0 Å². The second-order valence-electron chi connectivity index (χ2n) is 13.9. The molecule has 0 fully saturated rings. The van der Waals surface area contributed by atoms with Crippen LogP contribution in [-0.4, -0.2) is 9.55 Å². The number of rotatable bonds is 5. The fraction of sp³-hybridized carbons (Fsp3) is 0. The minimum atomic E-state index is 0.988. The van der Waals surface area contributed by atoms with Gasteiger partial charge in [-0.15, -0.1) is 0 Å². The Morgan fingerprint density at radius 3 is 1.68 bits per heavy atom. The van der Waals surface area contributed by atoms with Gasteiger partial charge in [-0.3, -0.25) is 4.98 Å². The predicted molar refractivity (Wildman–Crippen MR) is 224 cm³/mol. The molecule has 0 saturated heterocycles. The molecule has 0 bridgehead atoms. The number of aromatic nitrogens is 2. The Morgan fingerprint density at radius 2 is 0.925 bits per heavy atom. The van der Waals surface area contributed by atoms with Gasteiger partial charge in [-0.2, -0.15) is 0 Å². The van der Waals surface area contributed by atoms with E-state index in [9.17, 15) is 0 Å². The van der Waals surface area contributed by atoms with Crippen LogP contribution in [0, 0.1) is 0 Å². The van der Waals surface area contributed by atoms with Crippen molar-refractivity contribution in [3.8, 4) is 50.3 Å². The lowest BCUT2D eigenvalue weighted by molar-refractivity contribution is 1.18. The van der Waals surface area contributed by atoms with Crippen molar-refractivity contribution in [2.24, 2.45) is 0 Å². The highest BCUT2D eigenvalue weighted by atomic mass is 15.0. The van der Waals surface area contributed by atoms with Gasteiger partial charge < -0.3 is 4.57 Å². The number of pyridine rings is 1. The maximum atomic E-state index is 4.55. The lowest BCUT2D eigenvalue weighted by Gasteiger charge is -2.17. The van der Waals surface area contributed by atoms with Crippen LogP contribution in [0.1, 0.15) is 0 Å². The molecule has 0 atom stereocenters. The number of fused-ring (bicyclic) bond motifs is 3. The molecule has 0 unspecified atom stereocenters. The van der Waals surface area contributed by atoms with E-state index in [1.807, 2.05) is 18.3 Å². The summed E-state index contributed by atoms with van der Waals surface area (Å²) in [6, 6.07) is 68.6. The van der Waals surface area contributed by atoms with Gasteiger partial charge in [-0.25, -0.2) is 0 Å². The van der Waals surface area contributed by atoms with Crippen molar-refractivity contribution in [1.29, 1.82) is 0 Å². The van der Waals surface area contributed by atoms with E-state index in [2.05, 4.69) is 185 Å². The predicted octanol–water partition coefficient (Wildman–Crippen LogP) is 13.7. The van der Waals surface area contributed by atoms with Crippen molar-refractivity contribution >= 4 is 54.1 Å². The lowest BCUT2D eigenvalue weighted by Crippen LogP contribution is -1.93. The molecule has 9 aromatic carbocycles. The van der Waals surface area contributed by atoms with E-state index in [1.165, 1.54) is 93.2 Å². The van der Waals surface area contributed by atoms with Crippen molar-refractivity contribution in [3.05, 3.63) is 194 Å². The summed E-state index contributed by atoms with van der Waals surface area (Å²) in [6.07, 6.45) is 1.85. The Labute approximate surface area is 307 Å². The number of nitrogens with zero attached hydrogens (tertiary/aromatic N) is 2. The molecule has 0 aliphatic carbocycles. The Kier molecular flexibility index (Phi) is 6.59. The Morgan fingerprint density at radius 1 is 0.340 bits per heavy atom. The third-order valence-corrected chi connectivity index (χ3v) is 11.0. The van der Waals surface area contributed by atoms with E-state index in [0.717, 1.165) is 11.3 Å². The summed E-state index contributed by atoms with van der Waals surface area (Å²) in [4.78, 5) is 4.55. The Balaban J connectivity index is 1.04. The number of hydrogen-bond acceptors (Lipinski definition) is 1. The second kappa shape index (κ2) is 11.8. The third kappa shape index (κ3) is 4.70. The van der Waals surface area contributed by atoms with Crippen molar-refractivity contribution in [2.75, 3.05) is 0 Å². The largest absolute Gasteiger partial charge is 0.309 e. The number of hydrogen-bond donors (Lipinski definition) is 0. The number of benzene rings is 9. The van der Waals surface area contributed by atoms with E-state index < -0.39 is 0 Å². The molecule has 0 N–H and O–H groups in total. The lowest BCUT2D eigenvalue weighted by atomic mass is 9.87. The molecule has 0 radical (unpaired) electrons. The summed E-state index contributed by atoms with van der Waals surface area (Å²) in [7, 11) is 0. The van der Waals surface area contributed by atoms with Crippen LogP contribution in [0.15, 0.2) is 194 Å². The molecule has 2 nitrogen and oxygen atoms in total. The summed E-state index contributed by atoms with van der Waals surface area (Å²) >= 11 is 0. The van der Waals surface area contributed by atoms with Gasteiger partial charge in [0.25, 0.3) is 0 Å². The molecule has 0 saturated carbocycles. The first kappa shape index (κ1) is 29.7. The van der Waals surface area contributed by atoms with Gasteiger partial charge in [0.2, 0.25) is 0 Å². The molecule has 53 heavy (non-hydrogen) atoms. The molecule has 0 amide bonds. The van der Waals surface area contributed by atoms with Crippen molar-refractivity contribution in [3.63, 3.8) is 0 Å². The highest BCUT2D eigenvalue weighted by Gasteiger charge is 2.17. The van der Waals surface area contributed by atoms with Crippen LogP contribution in [0.25, 0.3) is 104 Å². The highest BCUT2D eigenvalue weighted by molar-refractivity contribution is 6.27. The highest BCUT2D eigenvalue weighted by Crippen LogP contribution is 2.43. The fourth-order valence-corrected chi connectivity index (χ4v) is 8.53. The SMILES string of the molecule is c1ccc(-n2c3ccccc3c3ccc(-c4cccc(-c5ccc6ccc7c(-c8ccc(-c9ccccn9)cc8)ccc8ccc5c6c87)c4)cc32)cc1. The van der Waals surface area contributed by atoms with Crippen molar-refractivity contribution < 1.29 is 0 Å². The summed E-state index contributed by atoms with van der Waals surface area (Å²) in [5.74, 6) is 0. The van der Waals surface area contributed by atoms with Gasteiger partial charge in [-0.05, 0) is 108 Å². The van der Waals surface area contributed by atoms with E-state index in [4.69, 9.17) is 0 Å². The average Bonchev–Trinajstić information content (AvgIpc) is 3.57. The maximum absolute atomic E-state index is 4.55. The standard InChI is InChI=1S/C51H32N2/c1-2-11-40(12-3-1)53-48-15-5-4-13-43(48)44-27-24-38(32-49(44)53)37-9-8-10-39(31-37)42-26-21-36-22-28-45-41(25-20-35-23-29-46(42)51(36)50(35)45)33-16-18-34(19-17-33)47-14-6-7-30-52-47/h1-32H. The molecule has 0 aliphatic rings. The van der Waals surface area contributed by atoms with Crippen LogP contribution < -0.4 is 0 Å². The van der Waals surface area contributed by atoms with Crippen LogP contribution in [-0.2, 0) is 0 Å². The Bertz CT molecular complexity index is 3140. The number of para-hydroxylation sites is 2. The maximum Gasteiger partial charge on any atom is 0.0701 e. The molecule has 246 valence electrons. The monoisotopic (exact) mass is 672 g/mol. The van der Waals surface area contributed by atoms with Crippen LogP contribution >= 0.6 is 0 Å². The van der Waals surface area contributed by atoms with E-state index in [1.54, 1.807) is 0 Å². The van der Waals surface area contributed by atoms with E-state index in [-0.39, 0.29) is 0 Å². The first-order chi connectivity index (χ1) is 26.3. The third-order valence-electron chi connectivity index (χ3n) is 11.0. The zero-order chi connectivity index (χ0) is 34.9. The molecule has 2 heteroatoms. The van der Waals surface area contributed by atoms with Crippen molar-refractivity contribution in [1.82, 2.24) is 9.55 Å². The second-order valence-corrected chi connectivity index (χ2v) is 13.9. The van der Waals surface area contributed by atoms with Gasteiger partial charge in [0.1, 0.15) is 0 Å². The summed E-state index contributed by atoms with van der Waals surface area (Å²) in [5, 5.41) is 10.3. The van der Waals surface area contributed by atoms with Crippen LogP contribution in [0.2, 0.25) is 0 Å². The minimum absolute atomic E-state index is 0.988. The molecule has 0 aliphatic heterocycles. The minimum Gasteiger partial charge on any atom is -0.309 e. The summed E-state index contributed by atoms with van der Waals surface area (Å²) in [6.45, 7) is 0. The molecule has 0 spiro atoms. The normalized spacial score (nSPS) is 11.8. The molecular weight excluding hydrogens is 641 g/mol. The van der Waals surface area contributed by atoms with Gasteiger partial charge >= 0.3 is 0 Å². The molecule has 2 aromatic heterocycles. The molecular formula is C51H32N2. The van der Waals surface area contributed by atoms with Gasteiger partial charge in [-0.1, -0.05) is 146 Å². The Hall–Kier alpha value is -7.03. The first-order valence-corrected chi connectivity index (χ1v) is 18.2. The average molecular weight is 673 g/mol. The van der Waals surface area contributed by atoms with Crippen LogP contribution in [0.3, 0.4) is 0 Å². The van der Waals surface area contributed by atoms with Gasteiger partial charge in [0.05, 0.1) is 16.7 Å². The first-order valence-electron chi connectivity index (χ1n) is 18.2. The van der Waals surface area contributed by atoms with E-state index in [0.29, 0.717) is 0 Å². The molecule has 2 heterocycles. The van der Waals surface area contributed by atoms with Gasteiger partial charge in [0, 0.05) is 28.2 Å². The molecule has 11 rings (SSSR count). The smallest absolute Gasteiger partial charge is 0.0701 e. The summed E-state index contributed by atoms with van der Waals surface area (Å²) in [5.41, 5.74) is 13.0. The topological polar surface area (TPSA) is 17.8 Å². The van der Waals surface area contributed by atoms with Gasteiger partial charge in [0.15, 0.2) is 0 Å². The molecule has 11 aromatic rings. The summed E-state index contributed by atoms with van der Waals surface area (Å²) < 4.78 is 2.39. The van der Waals surface area contributed by atoms with Crippen LogP contribution in [0.4, 0.5) is 0 Å². The quantitative estimate of drug-likeness (QED) is 0.166.